The molecule has 0 saturated carbocycles. The van der Waals surface area contributed by atoms with Crippen LogP contribution in [0.1, 0.15) is 24.4 Å². The zero-order valence-electron chi connectivity index (χ0n) is 10.1. The van der Waals surface area contributed by atoms with Gasteiger partial charge in [-0.1, -0.05) is 18.2 Å². The number of hydrogen-bond donors (Lipinski definition) is 2. The molecule has 2 aromatic rings. The van der Waals surface area contributed by atoms with Gasteiger partial charge in [-0.25, -0.2) is 0 Å². The normalized spacial score (nSPS) is 18.2. The molecule has 1 saturated heterocycles. The first kappa shape index (κ1) is 11.3. The first-order valence-electron chi connectivity index (χ1n) is 6.30. The number of fused-ring (bicyclic) bond motifs is 1. The number of carboxylic acids is 1. The van der Waals surface area contributed by atoms with E-state index in [1.807, 2.05) is 30.5 Å². The van der Waals surface area contributed by atoms with Gasteiger partial charge in [0.05, 0.1) is 0 Å². The number of para-hydroxylation sites is 1. The molecule has 1 fully saturated rings. The fourth-order valence-corrected chi connectivity index (χ4v) is 2.81. The van der Waals surface area contributed by atoms with Crippen molar-refractivity contribution in [1.29, 1.82) is 0 Å². The second kappa shape index (κ2) is 4.46. The van der Waals surface area contributed by atoms with Crippen molar-refractivity contribution >= 4 is 16.9 Å². The Morgan fingerprint density at radius 1 is 1.28 bits per heavy atom. The van der Waals surface area contributed by atoms with Gasteiger partial charge in [-0.15, -0.1) is 0 Å². The van der Waals surface area contributed by atoms with Crippen LogP contribution in [-0.4, -0.2) is 34.0 Å². The molecule has 0 amide bonds. The lowest BCUT2D eigenvalue weighted by Crippen LogP contribution is -2.31. The number of H-pyrrole nitrogens is 1. The summed E-state index contributed by atoms with van der Waals surface area (Å²) in [6.45, 7) is 1.74. The van der Waals surface area contributed by atoms with E-state index in [1.54, 1.807) is 0 Å². The molecule has 1 aliphatic rings. The van der Waals surface area contributed by atoms with Crippen LogP contribution in [0.15, 0.2) is 30.5 Å². The maximum absolute atomic E-state index is 11.6. The van der Waals surface area contributed by atoms with Gasteiger partial charge in [-0.3, -0.25) is 9.69 Å². The van der Waals surface area contributed by atoms with Crippen molar-refractivity contribution in [3.8, 4) is 0 Å². The molecule has 2 N–H and O–H groups in total. The van der Waals surface area contributed by atoms with Crippen LogP contribution in [0, 0.1) is 0 Å². The summed E-state index contributed by atoms with van der Waals surface area (Å²) < 4.78 is 0. The lowest BCUT2D eigenvalue weighted by molar-refractivity contribution is -0.143. The third-order valence-corrected chi connectivity index (χ3v) is 3.66. The molecular formula is C14H16N2O2. The molecule has 1 aromatic heterocycles. The Labute approximate surface area is 105 Å². The molecule has 0 radical (unpaired) electrons. The molecule has 1 aromatic carbocycles. The molecule has 0 aliphatic carbocycles. The number of aliphatic carboxylic acids is 1. The fourth-order valence-electron chi connectivity index (χ4n) is 2.81. The summed E-state index contributed by atoms with van der Waals surface area (Å²) in [5.41, 5.74) is 1.87. The van der Waals surface area contributed by atoms with Gasteiger partial charge in [0, 0.05) is 22.7 Å². The molecule has 1 unspecified atom stereocenters. The predicted octanol–water partition coefficient (Wildman–Crippen LogP) is 2.39. The zero-order chi connectivity index (χ0) is 12.5. The van der Waals surface area contributed by atoms with Crippen molar-refractivity contribution in [3.05, 3.63) is 36.0 Å². The Morgan fingerprint density at radius 3 is 2.72 bits per heavy atom. The van der Waals surface area contributed by atoms with E-state index in [4.69, 9.17) is 0 Å². The molecule has 3 rings (SSSR count). The van der Waals surface area contributed by atoms with Gasteiger partial charge in [0.1, 0.15) is 6.04 Å². The Morgan fingerprint density at radius 2 is 2.00 bits per heavy atom. The van der Waals surface area contributed by atoms with E-state index < -0.39 is 12.0 Å². The number of aromatic amines is 1. The van der Waals surface area contributed by atoms with Crippen LogP contribution >= 0.6 is 0 Å². The number of nitrogens with zero attached hydrogens (tertiary/aromatic N) is 1. The van der Waals surface area contributed by atoms with Crippen molar-refractivity contribution in [2.75, 3.05) is 13.1 Å². The van der Waals surface area contributed by atoms with Gasteiger partial charge in [0.2, 0.25) is 0 Å². The van der Waals surface area contributed by atoms with Crippen molar-refractivity contribution in [2.45, 2.75) is 18.9 Å². The van der Waals surface area contributed by atoms with Gasteiger partial charge in [0.25, 0.3) is 0 Å². The topological polar surface area (TPSA) is 56.3 Å². The van der Waals surface area contributed by atoms with Crippen molar-refractivity contribution < 1.29 is 9.90 Å². The molecular weight excluding hydrogens is 228 g/mol. The van der Waals surface area contributed by atoms with E-state index in [9.17, 15) is 9.90 Å². The number of hydrogen-bond acceptors (Lipinski definition) is 2. The predicted molar refractivity (Wildman–Crippen MR) is 69.5 cm³/mol. The second-order valence-electron chi connectivity index (χ2n) is 4.77. The van der Waals surface area contributed by atoms with Crippen molar-refractivity contribution in [1.82, 2.24) is 9.88 Å². The lowest BCUT2D eigenvalue weighted by Gasteiger charge is -2.23. The average Bonchev–Trinajstić information content (AvgIpc) is 3.00. The molecule has 1 atom stereocenters. The van der Waals surface area contributed by atoms with Gasteiger partial charge < -0.3 is 10.1 Å². The highest BCUT2D eigenvalue weighted by Crippen LogP contribution is 2.30. The number of carboxylic acid groups (broad SMARTS) is 1. The van der Waals surface area contributed by atoms with Crippen LogP contribution < -0.4 is 0 Å². The van der Waals surface area contributed by atoms with Crippen LogP contribution in [0.4, 0.5) is 0 Å². The molecule has 18 heavy (non-hydrogen) atoms. The standard InChI is InChI=1S/C14H16N2O2/c17-14(18)13(16-7-3-4-8-16)11-9-15-12-6-2-1-5-10(11)12/h1-2,5-6,9,13,15H,3-4,7-8H2,(H,17,18). The fraction of sp³-hybridized carbons (Fsp3) is 0.357. The van der Waals surface area contributed by atoms with Gasteiger partial charge in [0.15, 0.2) is 0 Å². The van der Waals surface area contributed by atoms with Crippen LogP contribution in [0.2, 0.25) is 0 Å². The number of aromatic nitrogens is 1. The Bertz CT molecular complexity index is 570. The molecule has 1 aliphatic heterocycles. The summed E-state index contributed by atoms with van der Waals surface area (Å²) in [6.07, 6.45) is 4.01. The SMILES string of the molecule is O=C(O)C(c1c[nH]c2ccccc12)N1CCCC1. The van der Waals surface area contributed by atoms with E-state index in [0.29, 0.717) is 0 Å². The first-order valence-corrected chi connectivity index (χ1v) is 6.30. The molecule has 94 valence electrons. The molecule has 4 heteroatoms. The summed E-state index contributed by atoms with van der Waals surface area (Å²) in [5.74, 6) is -0.762. The summed E-state index contributed by atoms with van der Waals surface area (Å²) in [6, 6.07) is 7.33. The zero-order valence-corrected chi connectivity index (χ0v) is 10.1. The van der Waals surface area contributed by atoms with Crippen molar-refractivity contribution in [3.63, 3.8) is 0 Å². The molecule has 0 bridgehead atoms. The highest BCUT2D eigenvalue weighted by molar-refractivity contribution is 5.89. The summed E-state index contributed by atoms with van der Waals surface area (Å²) in [7, 11) is 0. The monoisotopic (exact) mass is 244 g/mol. The van der Waals surface area contributed by atoms with Gasteiger partial charge in [-0.05, 0) is 32.0 Å². The Balaban J connectivity index is 2.06. The third kappa shape index (κ3) is 1.78. The number of nitrogens with one attached hydrogen (secondary N) is 1. The van der Waals surface area contributed by atoms with Crippen LogP contribution in [0.5, 0.6) is 0 Å². The number of rotatable bonds is 3. The first-order chi connectivity index (χ1) is 8.77. The Kier molecular flexibility index (Phi) is 2.80. The smallest absolute Gasteiger partial charge is 0.325 e. The second-order valence-corrected chi connectivity index (χ2v) is 4.77. The summed E-state index contributed by atoms with van der Waals surface area (Å²) >= 11 is 0. The number of likely N-dealkylation sites (tertiary alicyclic amines) is 1. The molecule has 4 nitrogen and oxygen atoms in total. The minimum atomic E-state index is -0.762. The number of benzene rings is 1. The quantitative estimate of drug-likeness (QED) is 0.871. The minimum Gasteiger partial charge on any atom is -0.480 e. The van der Waals surface area contributed by atoms with Crippen LogP contribution in [0.3, 0.4) is 0 Å². The van der Waals surface area contributed by atoms with E-state index in [0.717, 1.165) is 42.4 Å². The molecule has 0 spiro atoms. The largest absolute Gasteiger partial charge is 0.480 e. The Hall–Kier alpha value is -1.81. The summed E-state index contributed by atoms with van der Waals surface area (Å²) in [4.78, 5) is 16.8. The maximum atomic E-state index is 11.6. The van der Waals surface area contributed by atoms with Crippen LogP contribution in [0.25, 0.3) is 10.9 Å². The van der Waals surface area contributed by atoms with Crippen LogP contribution in [-0.2, 0) is 4.79 Å². The minimum absolute atomic E-state index is 0.524. The highest BCUT2D eigenvalue weighted by atomic mass is 16.4. The molecule has 2 heterocycles. The number of carbonyl (C=O) groups is 1. The summed E-state index contributed by atoms with van der Waals surface area (Å²) in [5, 5.41) is 10.5. The van der Waals surface area contributed by atoms with Crippen molar-refractivity contribution in [2.24, 2.45) is 0 Å². The average molecular weight is 244 g/mol. The van der Waals surface area contributed by atoms with E-state index >= 15 is 0 Å². The maximum Gasteiger partial charge on any atom is 0.325 e. The third-order valence-electron chi connectivity index (χ3n) is 3.66. The van der Waals surface area contributed by atoms with E-state index in [1.165, 1.54) is 0 Å². The van der Waals surface area contributed by atoms with E-state index in [-0.39, 0.29) is 0 Å². The lowest BCUT2D eigenvalue weighted by atomic mass is 10.0. The van der Waals surface area contributed by atoms with E-state index in [2.05, 4.69) is 9.88 Å². The van der Waals surface area contributed by atoms with Gasteiger partial charge in [-0.2, -0.15) is 0 Å². The van der Waals surface area contributed by atoms with Gasteiger partial charge >= 0.3 is 5.97 Å². The highest BCUT2D eigenvalue weighted by Gasteiger charge is 2.31.